The summed E-state index contributed by atoms with van der Waals surface area (Å²) in [5, 5.41) is 8.59. The predicted octanol–water partition coefficient (Wildman–Crippen LogP) is 3.82. The molecular formula is C19H23N3O2. The third-order valence-electron chi connectivity index (χ3n) is 3.52. The molecule has 2 aromatic rings. The average Bonchev–Trinajstić information content (AvgIpc) is 2.54. The van der Waals surface area contributed by atoms with Crippen LogP contribution in [-0.2, 0) is 9.59 Å². The minimum Gasteiger partial charge on any atom is -0.376 e. The second kappa shape index (κ2) is 8.15. The van der Waals surface area contributed by atoms with Crippen LogP contribution >= 0.6 is 0 Å². The molecule has 5 heteroatoms. The van der Waals surface area contributed by atoms with Crippen molar-refractivity contribution in [2.45, 2.75) is 26.7 Å². The number of hydrogen-bond donors (Lipinski definition) is 3. The van der Waals surface area contributed by atoms with Crippen LogP contribution < -0.4 is 16.0 Å². The molecule has 0 aliphatic heterocycles. The maximum absolute atomic E-state index is 12.0. The SMILES string of the molecule is CC(=O)Nc1ccc(NC(=O)CNc2ccc(C(C)C)cc2)cc1. The van der Waals surface area contributed by atoms with Crippen LogP contribution in [0, 0.1) is 0 Å². The molecule has 0 fully saturated rings. The van der Waals surface area contributed by atoms with Crippen molar-refractivity contribution in [1.29, 1.82) is 0 Å². The van der Waals surface area contributed by atoms with Crippen LogP contribution in [0.5, 0.6) is 0 Å². The molecular weight excluding hydrogens is 302 g/mol. The van der Waals surface area contributed by atoms with Crippen LogP contribution in [-0.4, -0.2) is 18.4 Å². The van der Waals surface area contributed by atoms with E-state index in [2.05, 4.69) is 41.9 Å². The Labute approximate surface area is 142 Å². The van der Waals surface area contributed by atoms with Crippen LogP contribution in [0.25, 0.3) is 0 Å². The molecule has 126 valence electrons. The molecule has 2 aromatic carbocycles. The quantitative estimate of drug-likeness (QED) is 0.756. The molecule has 0 aliphatic carbocycles. The van der Waals surface area contributed by atoms with Gasteiger partial charge in [-0.1, -0.05) is 26.0 Å². The molecule has 0 saturated heterocycles. The van der Waals surface area contributed by atoms with Gasteiger partial charge >= 0.3 is 0 Å². The summed E-state index contributed by atoms with van der Waals surface area (Å²) < 4.78 is 0. The average molecular weight is 325 g/mol. The van der Waals surface area contributed by atoms with Gasteiger partial charge in [-0.05, 0) is 47.9 Å². The lowest BCUT2D eigenvalue weighted by molar-refractivity contribution is -0.115. The monoisotopic (exact) mass is 325 g/mol. The lowest BCUT2D eigenvalue weighted by atomic mass is 10.0. The molecule has 0 unspecified atom stereocenters. The Balaban J connectivity index is 1.83. The van der Waals surface area contributed by atoms with E-state index in [1.54, 1.807) is 24.3 Å². The molecule has 0 saturated carbocycles. The zero-order valence-electron chi connectivity index (χ0n) is 14.2. The first-order valence-corrected chi connectivity index (χ1v) is 7.95. The fourth-order valence-electron chi connectivity index (χ4n) is 2.21. The zero-order chi connectivity index (χ0) is 17.5. The number of anilines is 3. The van der Waals surface area contributed by atoms with Gasteiger partial charge in [0.1, 0.15) is 0 Å². The van der Waals surface area contributed by atoms with Crippen molar-refractivity contribution in [3.05, 3.63) is 54.1 Å². The largest absolute Gasteiger partial charge is 0.376 e. The van der Waals surface area contributed by atoms with Gasteiger partial charge in [0.15, 0.2) is 0 Å². The van der Waals surface area contributed by atoms with Gasteiger partial charge in [-0.15, -0.1) is 0 Å². The lowest BCUT2D eigenvalue weighted by Gasteiger charge is -2.10. The van der Waals surface area contributed by atoms with E-state index in [1.165, 1.54) is 12.5 Å². The van der Waals surface area contributed by atoms with Crippen LogP contribution in [0.4, 0.5) is 17.1 Å². The zero-order valence-corrected chi connectivity index (χ0v) is 14.2. The fraction of sp³-hybridized carbons (Fsp3) is 0.263. The Morgan fingerprint density at radius 1 is 0.833 bits per heavy atom. The van der Waals surface area contributed by atoms with Crippen molar-refractivity contribution >= 4 is 28.9 Å². The molecule has 2 amide bonds. The first-order valence-electron chi connectivity index (χ1n) is 7.95. The highest BCUT2D eigenvalue weighted by molar-refractivity contribution is 5.94. The minimum absolute atomic E-state index is 0.125. The molecule has 0 radical (unpaired) electrons. The summed E-state index contributed by atoms with van der Waals surface area (Å²) in [5.74, 6) is 0.234. The van der Waals surface area contributed by atoms with E-state index in [0.717, 1.165) is 5.69 Å². The van der Waals surface area contributed by atoms with E-state index in [-0.39, 0.29) is 18.4 Å². The first-order chi connectivity index (χ1) is 11.4. The maximum atomic E-state index is 12.0. The van der Waals surface area contributed by atoms with E-state index >= 15 is 0 Å². The molecule has 0 aliphatic rings. The molecule has 0 spiro atoms. The second-order valence-electron chi connectivity index (χ2n) is 5.94. The Morgan fingerprint density at radius 3 is 1.83 bits per heavy atom. The summed E-state index contributed by atoms with van der Waals surface area (Å²) in [6.07, 6.45) is 0. The van der Waals surface area contributed by atoms with Gasteiger partial charge in [-0.2, -0.15) is 0 Å². The van der Waals surface area contributed by atoms with Crippen LogP contribution in [0.1, 0.15) is 32.3 Å². The first kappa shape index (κ1) is 17.5. The molecule has 3 N–H and O–H groups in total. The summed E-state index contributed by atoms with van der Waals surface area (Å²) in [6.45, 7) is 5.93. The molecule has 24 heavy (non-hydrogen) atoms. The Kier molecular flexibility index (Phi) is 5.95. The van der Waals surface area contributed by atoms with Crippen molar-refractivity contribution in [3.8, 4) is 0 Å². The van der Waals surface area contributed by atoms with Crippen molar-refractivity contribution in [3.63, 3.8) is 0 Å². The fourth-order valence-corrected chi connectivity index (χ4v) is 2.21. The highest BCUT2D eigenvalue weighted by Gasteiger charge is 2.04. The van der Waals surface area contributed by atoms with Gasteiger partial charge in [-0.25, -0.2) is 0 Å². The van der Waals surface area contributed by atoms with Crippen molar-refractivity contribution < 1.29 is 9.59 Å². The summed E-state index contributed by atoms with van der Waals surface area (Å²) in [6, 6.07) is 15.1. The highest BCUT2D eigenvalue weighted by atomic mass is 16.2. The van der Waals surface area contributed by atoms with Crippen molar-refractivity contribution in [2.75, 3.05) is 22.5 Å². The topological polar surface area (TPSA) is 70.2 Å². The standard InChI is InChI=1S/C19H23N3O2/c1-13(2)15-4-6-16(7-5-15)20-12-19(24)22-18-10-8-17(9-11-18)21-14(3)23/h4-11,13,20H,12H2,1-3H3,(H,21,23)(H,22,24). The molecule has 5 nitrogen and oxygen atoms in total. The van der Waals surface area contributed by atoms with E-state index < -0.39 is 0 Å². The third kappa shape index (κ3) is 5.43. The number of carbonyl (C=O) groups is 2. The normalized spacial score (nSPS) is 10.3. The Bertz CT molecular complexity index is 692. The molecule has 0 bridgehead atoms. The maximum Gasteiger partial charge on any atom is 0.243 e. The van der Waals surface area contributed by atoms with Crippen LogP contribution in [0.2, 0.25) is 0 Å². The predicted molar refractivity (Wildman–Crippen MR) is 98.4 cm³/mol. The smallest absolute Gasteiger partial charge is 0.243 e. The van der Waals surface area contributed by atoms with Crippen LogP contribution in [0.3, 0.4) is 0 Å². The molecule has 2 rings (SSSR count). The van der Waals surface area contributed by atoms with Gasteiger partial charge in [0.2, 0.25) is 11.8 Å². The third-order valence-corrected chi connectivity index (χ3v) is 3.52. The number of hydrogen-bond acceptors (Lipinski definition) is 3. The van der Waals surface area contributed by atoms with Gasteiger partial charge in [0, 0.05) is 24.0 Å². The van der Waals surface area contributed by atoms with Gasteiger partial charge in [0.05, 0.1) is 6.54 Å². The van der Waals surface area contributed by atoms with E-state index in [1.807, 2.05) is 12.1 Å². The Hall–Kier alpha value is -2.82. The summed E-state index contributed by atoms with van der Waals surface area (Å²) in [4.78, 5) is 22.9. The lowest BCUT2D eigenvalue weighted by Crippen LogP contribution is -2.21. The summed E-state index contributed by atoms with van der Waals surface area (Å²) in [7, 11) is 0. The number of nitrogens with one attached hydrogen (secondary N) is 3. The Morgan fingerprint density at radius 2 is 1.33 bits per heavy atom. The molecule has 0 atom stereocenters. The summed E-state index contributed by atoms with van der Waals surface area (Å²) >= 11 is 0. The molecule has 0 heterocycles. The molecule has 0 aromatic heterocycles. The van der Waals surface area contributed by atoms with E-state index in [4.69, 9.17) is 0 Å². The van der Waals surface area contributed by atoms with Crippen molar-refractivity contribution in [1.82, 2.24) is 0 Å². The number of benzene rings is 2. The van der Waals surface area contributed by atoms with Gasteiger partial charge in [0.25, 0.3) is 0 Å². The minimum atomic E-state index is -0.129. The van der Waals surface area contributed by atoms with E-state index in [0.29, 0.717) is 17.3 Å². The van der Waals surface area contributed by atoms with Crippen molar-refractivity contribution in [2.24, 2.45) is 0 Å². The second-order valence-corrected chi connectivity index (χ2v) is 5.94. The van der Waals surface area contributed by atoms with Gasteiger partial charge < -0.3 is 16.0 Å². The number of amides is 2. The van der Waals surface area contributed by atoms with Gasteiger partial charge in [-0.3, -0.25) is 9.59 Å². The van der Waals surface area contributed by atoms with E-state index in [9.17, 15) is 9.59 Å². The number of rotatable bonds is 6. The summed E-state index contributed by atoms with van der Waals surface area (Å²) in [5.41, 5.74) is 3.56. The number of carbonyl (C=O) groups excluding carboxylic acids is 2. The highest BCUT2D eigenvalue weighted by Crippen LogP contribution is 2.17. The van der Waals surface area contributed by atoms with Crippen LogP contribution in [0.15, 0.2) is 48.5 Å².